The van der Waals surface area contributed by atoms with Crippen LogP contribution in [0, 0.1) is 18.8 Å². The number of amides is 2. The molecule has 1 aromatic heterocycles. The maximum Gasteiger partial charge on any atom is 0.410 e. The summed E-state index contributed by atoms with van der Waals surface area (Å²) in [5.74, 6) is -2.26. The third-order valence-electron chi connectivity index (χ3n) is 6.48. The summed E-state index contributed by atoms with van der Waals surface area (Å²) in [6, 6.07) is 15.8. The molecule has 1 aliphatic heterocycles. The SMILES string of the molecule is Cc1cc(COc2ccc(S(=O)(=O)C[C@H]3CN(C(=O)OC(C)(C)C)C[C@@H]3C(=O)NO)cc2)c2ccccc2n1. The lowest BCUT2D eigenvalue weighted by Gasteiger charge is -2.24. The van der Waals surface area contributed by atoms with Crippen LogP contribution in [-0.2, 0) is 26.0 Å². The molecule has 4 rings (SSSR count). The molecule has 39 heavy (non-hydrogen) atoms. The van der Waals surface area contributed by atoms with Crippen molar-refractivity contribution < 1.29 is 32.7 Å². The van der Waals surface area contributed by atoms with Crippen LogP contribution in [0.15, 0.2) is 59.5 Å². The summed E-state index contributed by atoms with van der Waals surface area (Å²) in [4.78, 5) is 30.7. The summed E-state index contributed by atoms with van der Waals surface area (Å²) >= 11 is 0. The largest absolute Gasteiger partial charge is 0.489 e. The molecule has 1 saturated heterocycles. The predicted octanol–water partition coefficient (Wildman–Crippen LogP) is 3.88. The van der Waals surface area contributed by atoms with Crippen molar-refractivity contribution in [2.45, 2.75) is 44.8 Å². The van der Waals surface area contributed by atoms with Crippen LogP contribution in [0.25, 0.3) is 10.9 Å². The Morgan fingerprint density at radius 2 is 1.79 bits per heavy atom. The molecule has 0 saturated carbocycles. The van der Waals surface area contributed by atoms with Crippen LogP contribution < -0.4 is 10.2 Å². The maximum absolute atomic E-state index is 13.2. The number of para-hydroxylation sites is 1. The third kappa shape index (κ3) is 6.85. The average Bonchev–Trinajstić information content (AvgIpc) is 3.29. The molecule has 1 aliphatic rings. The minimum atomic E-state index is -3.83. The van der Waals surface area contributed by atoms with E-state index in [1.165, 1.54) is 17.0 Å². The highest BCUT2D eigenvalue weighted by molar-refractivity contribution is 7.91. The number of nitrogens with zero attached hydrogens (tertiary/aromatic N) is 2. The van der Waals surface area contributed by atoms with Crippen molar-refractivity contribution in [2.24, 2.45) is 11.8 Å². The summed E-state index contributed by atoms with van der Waals surface area (Å²) in [7, 11) is -3.83. The highest BCUT2D eigenvalue weighted by atomic mass is 32.2. The Balaban J connectivity index is 1.45. The number of carbonyl (C=O) groups is 2. The summed E-state index contributed by atoms with van der Waals surface area (Å²) in [6.07, 6.45) is -0.642. The first kappa shape index (κ1) is 28.3. The number of benzene rings is 2. The molecule has 3 aromatic rings. The third-order valence-corrected chi connectivity index (χ3v) is 8.34. The molecule has 1 fully saturated rings. The normalized spacial score (nSPS) is 17.7. The monoisotopic (exact) mass is 555 g/mol. The molecule has 0 aliphatic carbocycles. The van der Waals surface area contributed by atoms with Gasteiger partial charge in [-0.3, -0.25) is 15.0 Å². The van der Waals surface area contributed by atoms with Crippen molar-refractivity contribution in [1.29, 1.82) is 0 Å². The number of ether oxygens (including phenoxy) is 2. The summed E-state index contributed by atoms with van der Waals surface area (Å²) in [5.41, 5.74) is 3.56. The fraction of sp³-hybridized carbons (Fsp3) is 0.393. The van der Waals surface area contributed by atoms with E-state index in [9.17, 15) is 23.2 Å². The Morgan fingerprint density at radius 1 is 1.10 bits per heavy atom. The lowest BCUT2D eigenvalue weighted by molar-refractivity contribution is -0.133. The lowest BCUT2D eigenvalue weighted by Crippen LogP contribution is -2.37. The molecule has 2 amide bonds. The van der Waals surface area contributed by atoms with Crippen molar-refractivity contribution >= 4 is 32.7 Å². The van der Waals surface area contributed by atoms with Crippen LogP contribution in [0.1, 0.15) is 32.0 Å². The van der Waals surface area contributed by atoms with Crippen molar-refractivity contribution in [3.63, 3.8) is 0 Å². The van der Waals surface area contributed by atoms with E-state index in [2.05, 4.69) is 4.98 Å². The Hall–Kier alpha value is -3.70. The van der Waals surface area contributed by atoms with Gasteiger partial charge in [-0.2, -0.15) is 0 Å². The van der Waals surface area contributed by atoms with Crippen LogP contribution in [0.5, 0.6) is 5.75 Å². The number of hydrogen-bond donors (Lipinski definition) is 2. The minimum Gasteiger partial charge on any atom is -0.489 e. The second-order valence-corrected chi connectivity index (χ2v) is 12.7. The second-order valence-electron chi connectivity index (χ2n) is 10.7. The molecule has 2 aromatic carbocycles. The van der Waals surface area contributed by atoms with Gasteiger partial charge in [0, 0.05) is 35.7 Å². The molecule has 2 atom stereocenters. The number of sulfone groups is 1. The van der Waals surface area contributed by atoms with E-state index in [1.807, 2.05) is 37.3 Å². The molecule has 0 spiro atoms. The molecule has 208 valence electrons. The van der Waals surface area contributed by atoms with Crippen molar-refractivity contribution in [1.82, 2.24) is 15.4 Å². The summed E-state index contributed by atoms with van der Waals surface area (Å²) < 4.78 is 37.8. The van der Waals surface area contributed by atoms with Gasteiger partial charge >= 0.3 is 6.09 Å². The van der Waals surface area contributed by atoms with Crippen LogP contribution in [0.2, 0.25) is 0 Å². The molecule has 10 nitrogen and oxygen atoms in total. The summed E-state index contributed by atoms with van der Waals surface area (Å²) in [6.45, 7) is 7.31. The van der Waals surface area contributed by atoms with Crippen molar-refractivity contribution in [3.05, 3.63) is 65.9 Å². The highest BCUT2D eigenvalue weighted by Gasteiger charge is 2.43. The van der Waals surface area contributed by atoms with Crippen LogP contribution in [0.4, 0.5) is 4.79 Å². The smallest absolute Gasteiger partial charge is 0.410 e. The van der Waals surface area contributed by atoms with E-state index in [0.717, 1.165) is 22.2 Å². The second kappa shape index (κ2) is 11.2. The standard InChI is InChI=1S/C28H33N3O7S/c1-18-13-19(23-7-5-6-8-25(23)29-18)16-37-21-9-11-22(12-10-21)39(35,36)17-20-14-31(15-24(20)26(32)30-34)27(33)38-28(2,3)4/h5-13,20,24,34H,14-17H2,1-4H3,(H,30,32)/t20-,24+/m1/s1. The Morgan fingerprint density at radius 3 is 2.46 bits per heavy atom. The van der Waals surface area contributed by atoms with Crippen LogP contribution >= 0.6 is 0 Å². The molecule has 0 bridgehead atoms. The Bertz CT molecular complexity index is 1470. The summed E-state index contributed by atoms with van der Waals surface area (Å²) in [5, 5.41) is 10.2. The van der Waals surface area contributed by atoms with Gasteiger partial charge in [0.05, 0.1) is 22.1 Å². The number of aromatic nitrogens is 1. The van der Waals surface area contributed by atoms with E-state index < -0.39 is 39.3 Å². The highest BCUT2D eigenvalue weighted by Crippen LogP contribution is 2.29. The topological polar surface area (TPSA) is 135 Å². The molecule has 0 radical (unpaired) electrons. The first-order valence-electron chi connectivity index (χ1n) is 12.6. The van der Waals surface area contributed by atoms with Gasteiger partial charge in [0.1, 0.15) is 18.0 Å². The van der Waals surface area contributed by atoms with Crippen LogP contribution in [-0.4, -0.2) is 60.0 Å². The number of likely N-dealkylation sites (tertiary alicyclic amines) is 1. The van der Waals surface area contributed by atoms with Gasteiger partial charge in [-0.1, -0.05) is 18.2 Å². The van der Waals surface area contributed by atoms with Gasteiger partial charge in [0.2, 0.25) is 5.91 Å². The number of hydrogen-bond acceptors (Lipinski definition) is 8. The number of nitrogens with one attached hydrogen (secondary N) is 1. The number of carbonyl (C=O) groups excluding carboxylic acids is 2. The first-order valence-corrected chi connectivity index (χ1v) is 14.2. The van der Waals surface area contributed by atoms with Gasteiger partial charge in [0.15, 0.2) is 9.84 Å². The number of pyridine rings is 1. The molecule has 2 heterocycles. The van der Waals surface area contributed by atoms with E-state index in [-0.39, 0.29) is 30.3 Å². The zero-order chi connectivity index (χ0) is 28.4. The fourth-order valence-electron chi connectivity index (χ4n) is 4.69. The molecular weight excluding hydrogens is 522 g/mol. The molecular formula is C28H33N3O7S. The van der Waals surface area contributed by atoms with E-state index in [1.54, 1.807) is 38.4 Å². The van der Waals surface area contributed by atoms with Crippen molar-refractivity contribution in [2.75, 3.05) is 18.8 Å². The fourth-order valence-corrected chi connectivity index (χ4v) is 6.34. The number of aryl methyl sites for hydroxylation is 1. The maximum atomic E-state index is 13.2. The molecule has 0 unspecified atom stereocenters. The van der Waals surface area contributed by atoms with Gasteiger partial charge in [-0.25, -0.2) is 18.7 Å². The molecule has 11 heteroatoms. The minimum absolute atomic E-state index is 0.00668. The molecule has 2 N–H and O–H groups in total. The van der Waals surface area contributed by atoms with Crippen molar-refractivity contribution in [3.8, 4) is 5.75 Å². The van der Waals surface area contributed by atoms with E-state index in [4.69, 9.17) is 9.47 Å². The lowest BCUT2D eigenvalue weighted by atomic mass is 9.97. The number of fused-ring (bicyclic) bond motifs is 1. The van der Waals surface area contributed by atoms with Gasteiger partial charge in [-0.05, 0) is 64.1 Å². The Kier molecular flexibility index (Phi) is 8.12. The first-order chi connectivity index (χ1) is 18.4. The van der Waals surface area contributed by atoms with Crippen LogP contribution in [0.3, 0.4) is 0 Å². The number of rotatable bonds is 7. The zero-order valence-corrected chi connectivity index (χ0v) is 23.2. The Labute approximate surface area is 227 Å². The van der Waals surface area contributed by atoms with E-state index in [0.29, 0.717) is 5.75 Å². The van der Waals surface area contributed by atoms with Gasteiger partial charge in [-0.15, -0.1) is 0 Å². The van der Waals surface area contributed by atoms with E-state index >= 15 is 0 Å². The quantitative estimate of drug-likeness (QED) is 0.331. The number of hydroxylamine groups is 1. The van der Waals surface area contributed by atoms with Gasteiger partial charge in [0.25, 0.3) is 0 Å². The van der Waals surface area contributed by atoms with Gasteiger partial charge < -0.3 is 14.4 Å². The zero-order valence-electron chi connectivity index (χ0n) is 22.4. The average molecular weight is 556 g/mol. The predicted molar refractivity (Wildman–Crippen MR) is 144 cm³/mol.